The van der Waals surface area contributed by atoms with Gasteiger partial charge in [0.1, 0.15) is 6.33 Å². The lowest BCUT2D eigenvalue weighted by Gasteiger charge is -2.18. The number of nitrogens with zero attached hydrogens (tertiary/aromatic N) is 5. The molecule has 0 saturated heterocycles. The van der Waals surface area contributed by atoms with Crippen LogP contribution in [-0.2, 0) is 18.0 Å². The molecule has 0 aliphatic carbocycles. The Morgan fingerprint density at radius 3 is 2.62 bits per heavy atom. The van der Waals surface area contributed by atoms with Crippen LogP contribution in [0.15, 0.2) is 71.2 Å². The van der Waals surface area contributed by atoms with E-state index in [2.05, 4.69) is 15.3 Å². The van der Waals surface area contributed by atoms with E-state index in [1.165, 1.54) is 24.7 Å². The molecule has 29 heavy (non-hydrogen) atoms. The lowest BCUT2D eigenvalue weighted by atomic mass is 10.2. The van der Waals surface area contributed by atoms with E-state index in [0.29, 0.717) is 10.7 Å². The third-order valence-electron chi connectivity index (χ3n) is 3.77. The van der Waals surface area contributed by atoms with Crippen LogP contribution in [0, 0.1) is 0 Å². The van der Waals surface area contributed by atoms with Gasteiger partial charge in [-0.1, -0.05) is 48.2 Å². The number of benzene rings is 2. The van der Waals surface area contributed by atoms with Crippen molar-refractivity contribution in [1.29, 1.82) is 0 Å². The van der Waals surface area contributed by atoms with Gasteiger partial charge in [0.15, 0.2) is 5.16 Å². The van der Waals surface area contributed by atoms with Crippen LogP contribution in [0.3, 0.4) is 0 Å². The Bertz CT molecular complexity index is 1000. The van der Waals surface area contributed by atoms with E-state index in [9.17, 15) is 18.0 Å². The van der Waals surface area contributed by atoms with Crippen LogP contribution in [0.4, 0.5) is 18.9 Å². The van der Waals surface area contributed by atoms with Gasteiger partial charge in [0, 0.05) is 7.05 Å². The minimum absolute atomic E-state index is 0.0237. The highest BCUT2D eigenvalue weighted by atomic mass is 32.2. The van der Waals surface area contributed by atoms with Crippen molar-refractivity contribution in [2.24, 2.45) is 12.1 Å². The number of alkyl halides is 3. The Hall–Kier alpha value is -3.14. The molecule has 0 atom stereocenters. The zero-order valence-corrected chi connectivity index (χ0v) is 16.1. The Morgan fingerprint density at radius 1 is 1.21 bits per heavy atom. The summed E-state index contributed by atoms with van der Waals surface area (Å²) in [5, 5.41) is 13.2. The number of hydrogen-bond donors (Lipinski definition) is 0. The molecule has 0 bridgehead atoms. The van der Waals surface area contributed by atoms with Gasteiger partial charge >= 0.3 is 6.18 Å². The van der Waals surface area contributed by atoms with Gasteiger partial charge < -0.3 is 4.57 Å². The molecule has 0 radical (unpaired) electrons. The van der Waals surface area contributed by atoms with E-state index in [0.717, 1.165) is 28.9 Å². The molecule has 1 aromatic heterocycles. The number of hydrogen-bond acceptors (Lipinski definition) is 5. The fourth-order valence-electron chi connectivity index (χ4n) is 2.34. The van der Waals surface area contributed by atoms with Crippen LogP contribution in [-0.4, -0.2) is 32.6 Å². The number of amides is 1. The highest BCUT2D eigenvalue weighted by molar-refractivity contribution is 7.99. The molecule has 0 saturated carbocycles. The van der Waals surface area contributed by atoms with Crippen molar-refractivity contribution < 1.29 is 18.0 Å². The summed E-state index contributed by atoms with van der Waals surface area (Å²) in [6.07, 6.45) is -1.61. The number of carbonyl (C=O) groups is 1. The summed E-state index contributed by atoms with van der Waals surface area (Å²) in [4.78, 5) is 12.8. The molecule has 3 rings (SSSR count). The molecule has 0 N–H and O–H groups in total. The molecule has 0 aliphatic heterocycles. The van der Waals surface area contributed by atoms with E-state index >= 15 is 0 Å². The van der Waals surface area contributed by atoms with E-state index in [-0.39, 0.29) is 11.4 Å². The van der Waals surface area contributed by atoms with Crippen molar-refractivity contribution in [3.63, 3.8) is 0 Å². The average molecular weight is 419 g/mol. The van der Waals surface area contributed by atoms with Crippen LogP contribution in [0.5, 0.6) is 0 Å². The Labute approximate surface area is 169 Å². The molecule has 2 aromatic carbocycles. The second kappa shape index (κ2) is 8.91. The number of carbonyl (C=O) groups excluding carboxylic acids is 1. The number of rotatable bonds is 6. The molecular formula is C19H16F3N5OS. The van der Waals surface area contributed by atoms with Gasteiger partial charge in [-0.3, -0.25) is 4.79 Å². The summed E-state index contributed by atoms with van der Waals surface area (Å²) in [7, 11) is 1.73. The van der Waals surface area contributed by atoms with Crippen LogP contribution in [0.1, 0.15) is 11.1 Å². The second-order valence-electron chi connectivity index (χ2n) is 5.92. The van der Waals surface area contributed by atoms with Gasteiger partial charge in [0.05, 0.1) is 23.2 Å². The zero-order chi connectivity index (χ0) is 20.9. The van der Waals surface area contributed by atoms with Gasteiger partial charge in [0.25, 0.3) is 5.91 Å². The third kappa shape index (κ3) is 5.44. The molecule has 0 unspecified atom stereocenters. The highest BCUT2D eigenvalue weighted by Gasteiger charge is 2.31. The minimum atomic E-state index is -4.53. The second-order valence-corrected chi connectivity index (χ2v) is 6.86. The molecule has 10 heteroatoms. The predicted molar refractivity (Wildman–Crippen MR) is 105 cm³/mol. The summed E-state index contributed by atoms with van der Waals surface area (Å²) in [6, 6.07) is 13.4. The Morgan fingerprint density at radius 2 is 1.97 bits per heavy atom. The Kier molecular flexibility index (Phi) is 6.32. The molecule has 0 fully saturated rings. The predicted octanol–water partition coefficient (Wildman–Crippen LogP) is 3.99. The quantitative estimate of drug-likeness (QED) is 0.344. The number of hydrazone groups is 1. The van der Waals surface area contributed by atoms with Crippen LogP contribution in [0.2, 0.25) is 0 Å². The maximum atomic E-state index is 13.1. The third-order valence-corrected chi connectivity index (χ3v) is 4.79. The molecule has 0 spiro atoms. The first-order chi connectivity index (χ1) is 13.8. The average Bonchev–Trinajstić information content (AvgIpc) is 3.12. The summed E-state index contributed by atoms with van der Waals surface area (Å²) >= 11 is 1.12. The van der Waals surface area contributed by atoms with Crippen LogP contribution >= 0.6 is 11.8 Å². The van der Waals surface area contributed by atoms with Crippen molar-refractivity contribution in [3.8, 4) is 0 Å². The lowest BCUT2D eigenvalue weighted by Crippen LogP contribution is -2.28. The smallest absolute Gasteiger partial charge is 0.312 e. The van der Waals surface area contributed by atoms with Crippen molar-refractivity contribution in [2.45, 2.75) is 11.3 Å². The van der Waals surface area contributed by atoms with Gasteiger partial charge in [-0.15, -0.1) is 10.2 Å². The molecule has 6 nitrogen and oxygen atoms in total. The summed E-state index contributed by atoms with van der Waals surface area (Å²) < 4.78 is 40.9. The molecule has 1 amide bonds. The molecular weight excluding hydrogens is 403 g/mol. The van der Waals surface area contributed by atoms with Gasteiger partial charge in [-0.2, -0.15) is 18.3 Å². The number of aromatic nitrogens is 3. The van der Waals surface area contributed by atoms with Gasteiger partial charge in [-0.05, 0) is 23.8 Å². The fourth-order valence-corrected chi connectivity index (χ4v) is 3.07. The first-order valence-electron chi connectivity index (χ1n) is 8.40. The summed E-state index contributed by atoms with van der Waals surface area (Å²) in [5.74, 6) is -0.570. The number of halogens is 3. The topological polar surface area (TPSA) is 63.4 Å². The lowest BCUT2D eigenvalue weighted by molar-refractivity contribution is -0.137. The van der Waals surface area contributed by atoms with Crippen molar-refractivity contribution in [3.05, 3.63) is 72.1 Å². The highest BCUT2D eigenvalue weighted by Crippen LogP contribution is 2.32. The van der Waals surface area contributed by atoms with Gasteiger partial charge in [0.2, 0.25) is 0 Å². The number of thioether (sulfide) groups is 1. The largest absolute Gasteiger partial charge is 0.416 e. The first-order valence-corrected chi connectivity index (χ1v) is 9.39. The van der Waals surface area contributed by atoms with Crippen LogP contribution < -0.4 is 5.01 Å². The van der Waals surface area contributed by atoms with E-state index < -0.39 is 17.6 Å². The summed E-state index contributed by atoms with van der Waals surface area (Å²) in [6.45, 7) is 0. The minimum Gasteiger partial charge on any atom is -0.312 e. The molecule has 150 valence electrons. The van der Waals surface area contributed by atoms with Crippen molar-refractivity contribution in [2.75, 3.05) is 10.8 Å². The Balaban J connectivity index is 1.88. The molecule has 3 aromatic rings. The number of aryl methyl sites for hydroxylation is 1. The number of anilines is 1. The maximum Gasteiger partial charge on any atom is 0.416 e. The van der Waals surface area contributed by atoms with Crippen molar-refractivity contribution >= 4 is 29.6 Å². The normalized spacial score (nSPS) is 11.7. The van der Waals surface area contributed by atoms with E-state index in [1.807, 2.05) is 6.07 Å². The molecule has 1 heterocycles. The summed E-state index contributed by atoms with van der Waals surface area (Å²) in [5.41, 5.74) is -0.127. The fraction of sp³-hybridized carbons (Fsp3) is 0.158. The van der Waals surface area contributed by atoms with Gasteiger partial charge in [-0.25, -0.2) is 5.01 Å². The SMILES string of the molecule is Cn1cnnc1SCC(=O)N(/N=C/c1ccccc1)c1cccc(C(F)(F)F)c1. The van der Waals surface area contributed by atoms with Crippen molar-refractivity contribution in [1.82, 2.24) is 14.8 Å². The van der Waals surface area contributed by atoms with Crippen LogP contribution in [0.25, 0.3) is 0 Å². The standard InChI is InChI=1S/C19H16F3N5OS/c1-26-13-23-25-18(26)29-12-17(28)27(24-11-14-6-3-2-4-7-14)16-9-5-8-15(10-16)19(20,21)22/h2-11,13H,12H2,1H3/b24-11+. The maximum absolute atomic E-state index is 13.1. The zero-order valence-electron chi connectivity index (χ0n) is 15.2. The van der Waals surface area contributed by atoms with E-state index in [1.54, 1.807) is 35.9 Å². The van der Waals surface area contributed by atoms with E-state index in [4.69, 9.17) is 0 Å². The molecule has 0 aliphatic rings. The monoisotopic (exact) mass is 419 g/mol. The first kappa shape index (κ1) is 20.6.